The van der Waals surface area contributed by atoms with Crippen molar-refractivity contribution in [1.29, 1.82) is 0 Å². The van der Waals surface area contributed by atoms with E-state index in [1.54, 1.807) is 24.3 Å². The van der Waals surface area contributed by atoms with Crippen LogP contribution >= 0.6 is 11.3 Å². The van der Waals surface area contributed by atoms with Gasteiger partial charge in [0, 0.05) is 18.3 Å². The molecule has 0 radical (unpaired) electrons. The summed E-state index contributed by atoms with van der Waals surface area (Å²) in [4.78, 5) is 34.9. The number of hydrogen-bond donors (Lipinski definition) is 3. The molecule has 0 fully saturated rings. The van der Waals surface area contributed by atoms with Crippen LogP contribution in [-0.2, 0) is 4.79 Å². The second-order valence-corrected chi connectivity index (χ2v) is 7.71. The van der Waals surface area contributed by atoms with E-state index in [1.807, 2.05) is 25.1 Å². The normalized spacial score (nSPS) is 10.6. The molecule has 11 heteroatoms. The number of carbonyl (C=O) groups excluding carboxylic acids is 1. The van der Waals surface area contributed by atoms with Gasteiger partial charge in [0.2, 0.25) is 17.5 Å². The molecule has 0 spiro atoms. The smallest absolute Gasteiger partial charge is 0.334 e. The number of aromatic nitrogens is 3. The van der Waals surface area contributed by atoms with Gasteiger partial charge in [0.25, 0.3) is 0 Å². The number of aryl methyl sites for hydroxylation is 1. The van der Waals surface area contributed by atoms with Crippen molar-refractivity contribution in [1.82, 2.24) is 15.0 Å². The first-order chi connectivity index (χ1) is 14.9. The molecule has 0 aliphatic carbocycles. The van der Waals surface area contributed by atoms with Gasteiger partial charge in [0.05, 0.1) is 15.1 Å². The maximum absolute atomic E-state index is 11.8. The van der Waals surface area contributed by atoms with E-state index in [9.17, 15) is 14.9 Å². The SMILES string of the molecule is CC(=O)Nc1ccc(Nc2ncnc(Nc3nc4ccc(C)cc4s3)c2[N+](=O)[O-])cc1. The highest BCUT2D eigenvalue weighted by atomic mass is 32.1. The number of thiazole rings is 1. The van der Waals surface area contributed by atoms with Crippen molar-refractivity contribution in [2.24, 2.45) is 0 Å². The lowest BCUT2D eigenvalue weighted by atomic mass is 10.2. The topological polar surface area (TPSA) is 135 Å². The molecule has 0 bridgehead atoms. The van der Waals surface area contributed by atoms with E-state index < -0.39 is 4.92 Å². The Bertz CT molecular complexity index is 1290. The van der Waals surface area contributed by atoms with Gasteiger partial charge in [0.15, 0.2) is 5.13 Å². The summed E-state index contributed by atoms with van der Waals surface area (Å²) >= 11 is 1.38. The monoisotopic (exact) mass is 435 g/mol. The van der Waals surface area contributed by atoms with Crippen LogP contribution in [-0.4, -0.2) is 25.8 Å². The first-order valence-corrected chi connectivity index (χ1v) is 9.99. The van der Waals surface area contributed by atoms with Crippen LogP contribution < -0.4 is 16.0 Å². The third-order valence-corrected chi connectivity index (χ3v) is 5.18. The maximum Gasteiger partial charge on any atom is 0.353 e. The van der Waals surface area contributed by atoms with Crippen LogP contribution in [0, 0.1) is 17.0 Å². The minimum Gasteiger partial charge on any atom is -0.334 e. The number of amides is 1. The quantitative estimate of drug-likeness (QED) is 0.292. The molecule has 2 heterocycles. The molecule has 2 aromatic carbocycles. The van der Waals surface area contributed by atoms with Crippen molar-refractivity contribution in [3.8, 4) is 0 Å². The van der Waals surface area contributed by atoms with Gasteiger partial charge >= 0.3 is 5.69 Å². The summed E-state index contributed by atoms with van der Waals surface area (Å²) in [6.07, 6.45) is 1.24. The molecule has 1 amide bonds. The molecule has 0 saturated carbocycles. The van der Waals surface area contributed by atoms with Crippen molar-refractivity contribution < 1.29 is 9.72 Å². The van der Waals surface area contributed by atoms with Crippen LogP contribution in [0.4, 0.5) is 33.8 Å². The fourth-order valence-corrected chi connectivity index (χ4v) is 3.86. The standard InChI is InChI=1S/C20H17N7O3S/c1-11-3-8-15-16(9-11)31-20(25-15)26-19-17(27(29)30)18(21-10-22-19)24-14-6-4-13(5-7-14)23-12(2)28/h3-10H,1-2H3,(H,23,28)(H2,21,22,24,25,26). The molecule has 0 aliphatic rings. The highest BCUT2D eigenvalue weighted by molar-refractivity contribution is 7.22. The predicted molar refractivity (Wildman–Crippen MR) is 120 cm³/mol. The van der Waals surface area contributed by atoms with Gasteiger partial charge in [-0.3, -0.25) is 14.9 Å². The number of hydrogen-bond acceptors (Lipinski definition) is 9. The zero-order valence-corrected chi connectivity index (χ0v) is 17.4. The van der Waals surface area contributed by atoms with E-state index in [0.29, 0.717) is 16.5 Å². The number of rotatable bonds is 6. The summed E-state index contributed by atoms with van der Waals surface area (Å²) in [5, 5.41) is 20.8. The minimum absolute atomic E-state index is 0.0340. The molecule has 3 N–H and O–H groups in total. The molecule has 0 saturated heterocycles. The van der Waals surface area contributed by atoms with E-state index in [0.717, 1.165) is 15.8 Å². The van der Waals surface area contributed by atoms with Crippen LogP contribution in [0.1, 0.15) is 12.5 Å². The first-order valence-electron chi connectivity index (χ1n) is 9.17. The second kappa shape index (κ2) is 8.32. The second-order valence-electron chi connectivity index (χ2n) is 6.68. The molecule has 156 valence electrons. The average molecular weight is 435 g/mol. The van der Waals surface area contributed by atoms with E-state index in [-0.39, 0.29) is 23.2 Å². The van der Waals surface area contributed by atoms with Crippen molar-refractivity contribution in [3.05, 3.63) is 64.5 Å². The highest BCUT2D eigenvalue weighted by Gasteiger charge is 2.24. The zero-order valence-electron chi connectivity index (χ0n) is 16.5. The van der Waals surface area contributed by atoms with Gasteiger partial charge in [-0.2, -0.15) is 0 Å². The third kappa shape index (κ3) is 4.56. The minimum atomic E-state index is -0.548. The Morgan fingerprint density at radius 3 is 2.39 bits per heavy atom. The van der Waals surface area contributed by atoms with Gasteiger partial charge in [-0.25, -0.2) is 15.0 Å². The number of carbonyl (C=O) groups is 1. The Morgan fingerprint density at radius 1 is 1.03 bits per heavy atom. The predicted octanol–water partition coefficient (Wildman–Crippen LogP) is 4.75. The number of fused-ring (bicyclic) bond motifs is 1. The summed E-state index contributed by atoms with van der Waals surface area (Å²) in [5.74, 6) is -0.118. The molecule has 31 heavy (non-hydrogen) atoms. The van der Waals surface area contributed by atoms with Gasteiger partial charge < -0.3 is 16.0 Å². The molecular formula is C20H17N7O3S. The van der Waals surface area contributed by atoms with E-state index in [2.05, 4.69) is 30.9 Å². The lowest BCUT2D eigenvalue weighted by Crippen LogP contribution is -2.06. The number of nitrogens with zero attached hydrogens (tertiary/aromatic N) is 4. The molecular weight excluding hydrogens is 418 g/mol. The highest BCUT2D eigenvalue weighted by Crippen LogP contribution is 2.35. The number of nitrogens with one attached hydrogen (secondary N) is 3. The number of anilines is 5. The zero-order chi connectivity index (χ0) is 22.0. The van der Waals surface area contributed by atoms with Crippen LogP contribution in [0.5, 0.6) is 0 Å². The fraction of sp³-hybridized carbons (Fsp3) is 0.100. The van der Waals surface area contributed by atoms with Crippen LogP contribution in [0.3, 0.4) is 0 Å². The van der Waals surface area contributed by atoms with Crippen LogP contribution in [0.2, 0.25) is 0 Å². The first kappa shape index (κ1) is 20.2. The summed E-state index contributed by atoms with van der Waals surface area (Å²) in [6.45, 7) is 3.40. The Hall–Kier alpha value is -4.12. The van der Waals surface area contributed by atoms with E-state index in [4.69, 9.17) is 0 Å². The average Bonchev–Trinajstić information content (AvgIpc) is 3.10. The Labute approximate surface area is 180 Å². The summed E-state index contributed by atoms with van der Waals surface area (Å²) in [7, 11) is 0. The largest absolute Gasteiger partial charge is 0.353 e. The van der Waals surface area contributed by atoms with Gasteiger partial charge in [-0.1, -0.05) is 17.4 Å². The number of benzene rings is 2. The van der Waals surface area contributed by atoms with Crippen molar-refractivity contribution >= 4 is 61.3 Å². The van der Waals surface area contributed by atoms with E-state index in [1.165, 1.54) is 24.6 Å². The fourth-order valence-electron chi connectivity index (χ4n) is 2.90. The maximum atomic E-state index is 11.8. The number of nitro groups is 1. The van der Waals surface area contributed by atoms with Crippen LogP contribution in [0.25, 0.3) is 10.2 Å². The van der Waals surface area contributed by atoms with Crippen LogP contribution in [0.15, 0.2) is 48.8 Å². The molecule has 4 rings (SSSR count). The van der Waals surface area contributed by atoms with Crippen molar-refractivity contribution in [2.45, 2.75) is 13.8 Å². The molecule has 0 atom stereocenters. The lowest BCUT2D eigenvalue weighted by molar-refractivity contribution is -0.383. The molecule has 10 nitrogen and oxygen atoms in total. The Morgan fingerprint density at radius 2 is 1.71 bits per heavy atom. The van der Waals surface area contributed by atoms with Crippen molar-refractivity contribution in [2.75, 3.05) is 16.0 Å². The van der Waals surface area contributed by atoms with Gasteiger partial charge in [-0.05, 0) is 48.9 Å². The van der Waals surface area contributed by atoms with Crippen molar-refractivity contribution in [3.63, 3.8) is 0 Å². The molecule has 0 aliphatic heterocycles. The third-order valence-electron chi connectivity index (χ3n) is 4.24. The van der Waals surface area contributed by atoms with Gasteiger partial charge in [0.1, 0.15) is 6.33 Å². The van der Waals surface area contributed by atoms with E-state index >= 15 is 0 Å². The lowest BCUT2D eigenvalue weighted by Gasteiger charge is -2.09. The molecule has 2 aromatic heterocycles. The summed E-state index contributed by atoms with van der Waals surface area (Å²) in [6, 6.07) is 12.6. The summed E-state index contributed by atoms with van der Waals surface area (Å²) < 4.78 is 0.969. The molecule has 0 unspecified atom stereocenters. The van der Waals surface area contributed by atoms with Gasteiger partial charge in [-0.15, -0.1) is 0 Å². The summed E-state index contributed by atoms with van der Waals surface area (Å²) in [5.41, 5.74) is 2.78. The molecule has 4 aromatic rings. The Kier molecular flexibility index (Phi) is 5.41. The Balaban J connectivity index is 1.63.